The number of nitrogens with zero attached hydrogens (tertiary/aromatic N) is 3. The lowest BCUT2D eigenvalue weighted by Gasteiger charge is -2.38. The van der Waals surface area contributed by atoms with Gasteiger partial charge in [-0.3, -0.25) is 9.59 Å². The molecule has 10 heteroatoms. The van der Waals surface area contributed by atoms with Gasteiger partial charge in [0.15, 0.2) is 5.01 Å². The quantitative estimate of drug-likeness (QED) is 0.638. The normalized spacial score (nSPS) is 26.3. The first-order valence-corrected chi connectivity index (χ1v) is 13.6. The summed E-state index contributed by atoms with van der Waals surface area (Å²) in [6.07, 6.45) is 7.17. The zero-order valence-corrected chi connectivity index (χ0v) is 22.2. The van der Waals surface area contributed by atoms with Crippen molar-refractivity contribution < 1.29 is 19.1 Å². The molecule has 2 heterocycles. The van der Waals surface area contributed by atoms with Crippen molar-refractivity contribution in [3.05, 3.63) is 15.6 Å². The van der Waals surface area contributed by atoms with Crippen LogP contribution in [-0.4, -0.2) is 78.1 Å². The SMILES string of the molecule is CN1CCc2nc(C(=O)NC3C[C@@H](C(=O)N(C)C)CC[C@@H]3NC(=O)OC3(C)CCCCC3)sc2C1. The molecule has 2 fully saturated rings. The first-order chi connectivity index (χ1) is 16.6. The minimum atomic E-state index is -0.441. The van der Waals surface area contributed by atoms with Gasteiger partial charge in [-0.2, -0.15) is 0 Å². The van der Waals surface area contributed by atoms with Crippen molar-refractivity contribution in [3.63, 3.8) is 0 Å². The highest BCUT2D eigenvalue weighted by Crippen LogP contribution is 2.32. The first-order valence-electron chi connectivity index (χ1n) is 12.8. The number of thiazole rings is 1. The molecule has 0 saturated heterocycles. The van der Waals surface area contributed by atoms with Crippen LogP contribution >= 0.6 is 11.3 Å². The van der Waals surface area contributed by atoms with Crippen LogP contribution in [0.4, 0.5) is 4.79 Å². The van der Waals surface area contributed by atoms with Crippen LogP contribution < -0.4 is 10.6 Å². The van der Waals surface area contributed by atoms with Crippen LogP contribution in [0.5, 0.6) is 0 Å². The predicted octanol–water partition coefficient (Wildman–Crippen LogP) is 2.94. The van der Waals surface area contributed by atoms with Gasteiger partial charge in [0, 0.05) is 44.4 Å². The molecular weight excluding hydrogens is 466 g/mol. The summed E-state index contributed by atoms with van der Waals surface area (Å²) in [4.78, 5) is 48.3. The number of hydrogen-bond donors (Lipinski definition) is 2. The molecule has 35 heavy (non-hydrogen) atoms. The van der Waals surface area contributed by atoms with Crippen molar-refractivity contribution in [2.75, 3.05) is 27.7 Å². The molecule has 1 aromatic heterocycles. The maximum atomic E-state index is 13.2. The lowest BCUT2D eigenvalue weighted by Crippen LogP contribution is -2.56. The standard InChI is InChI=1S/C25H39N5O4S/c1-25(11-6-5-7-12-25)34-24(33)28-17-9-8-16(23(32)29(2)3)14-19(17)26-21(31)22-27-18-10-13-30(4)15-20(18)35-22/h16-17,19H,5-15H2,1-4H3,(H,26,31)(H,28,33)/t16-,17-,19?/m0/s1. The fourth-order valence-corrected chi connectivity index (χ4v) is 6.64. The maximum Gasteiger partial charge on any atom is 0.407 e. The van der Waals surface area contributed by atoms with Crippen LogP contribution in [0.25, 0.3) is 0 Å². The van der Waals surface area contributed by atoms with Gasteiger partial charge in [0.05, 0.1) is 17.8 Å². The largest absolute Gasteiger partial charge is 0.443 e. The third kappa shape index (κ3) is 6.33. The molecule has 1 unspecified atom stereocenters. The molecule has 1 aliphatic heterocycles. The maximum absolute atomic E-state index is 13.2. The van der Waals surface area contributed by atoms with Crippen LogP contribution in [-0.2, 0) is 22.5 Å². The number of carbonyl (C=O) groups excluding carboxylic acids is 3. The second-order valence-corrected chi connectivity index (χ2v) is 11.9. The molecule has 9 nitrogen and oxygen atoms in total. The van der Waals surface area contributed by atoms with Gasteiger partial charge in [-0.05, 0) is 58.9 Å². The third-order valence-corrected chi connectivity index (χ3v) is 8.71. The first kappa shape index (κ1) is 25.9. The Morgan fingerprint density at radius 2 is 1.86 bits per heavy atom. The molecule has 194 valence electrons. The average molecular weight is 506 g/mol. The topological polar surface area (TPSA) is 104 Å². The summed E-state index contributed by atoms with van der Waals surface area (Å²) in [6.45, 7) is 3.74. The van der Waals surface area contributed by atoms with E-state index in [1.54, 1.807) is 19.0 Å². The summed E-state index contributed by atoms with van der Waals surface area (Å²) in [5.41, 5.74) is 0.563. The van der Waals surface area contributed by atoms with Gasteiger partial charge in [0.1, 0.15) is 5.60 Å². The van der Waals surface area contributed by atoms with E-state index in [-0.39, 0.29) is 29.8 Å². The second kappa shape index (κ2) is 10.8. The van der Waals surface area contributed by atoms with Crippen molar-refractivity contribution in [1.29, 1.82) is 0 Å². The summed E-state index contributed by atoms with van der Waals surface area (Å²) in [6, 6.07) is -0.675. The Morgan fingerprint density at radius 1 is 1.11 bits per heavy atom. The summed E-state index contributed by atoms with van der Waals surface area (Å²) >= 11 is 1.43. The van der Waals surface area contributed by atoms with Crippen molar-refractivity contribution in [3.8, 4) is 0 Å². The van der Waals surface area contributed by atoms with Crippen molar-refractivity contribution in [2.45, 2.75) is 88.9 Å². The van der Waals surface area contributed by atoms with Gasteiger partial charge in [-0.1, -0.05) is 6.42 Å². The summed E-state index contributed by atoms with van der Waals surface area (Å²) in [7, 11) is 5.56. The van der Waals surface area contributed by atoms with Gasteiger partial charge >= 0.3 is 6.09 Å². The van der Waals surface area contributed by atoms with E-state index in [1.807, 2.05) is 6.92 Å². The number of alkyl carbamates (subject to hydrolysis) is 1. The second-order valence-electron chi connectivity index (χ2n) is 10.9. The number of aromatic nitrogens is 1. The zero-order chi connectivity index (χ0) is 25.2. The summed E-state index contributed by atoms with van der Waals surface area (Å²) in [5.74, 6) is -0.388. The Kier molecular flexibility index (Phi) is 8.00. The van der Waals surface area contributed by atoms with Crippen molar-refractivity contribution >= 4 is 29.2 Å². The van der Waals surface area contributed by atoms with Crippen LogP contribution in [0, 0.1) is 5.92 Å². The summed E-state index contributed by atoms with van der Waals surface area (Å²) in [5, 5.41) is 6.57. The Labute approximate surface area is 212 Å². The fourth-order valence-electron chi connectivity index (χ4n) is 5.55. The van der Waals surface area contributed by atoms with E-state index >= 15 is 0 Å². The Morgan fingerprint density at radius 3 is 2.57 bits per heavy atom. The number of nitrogens with one attached hydrogen (secondary N) is 2. The number of fused-ring (bicyclic) bond motifs is 1. The van der Waals surface area contributed by atoms with E-state index in [4.69, 9.17) is 4.74 Å². The Hall–Kier alpha value is -2.20. The molecule has 1 aromatic rings. The fraction of sp³-hybridized carbons (Fsp3) is 0.760. The third-order valence-electron chi connectivity index (χ3n) is 7.63. The molecule has 2 N–H and O–H groups in total. The van der Waals surface area contributed by atoms with Crippen LogP contribution in [0.15, 0.2) is 0 Å². The number of likely N-dealkylation sites (N-methyl/N-ethyl adjacent to an activating group) is 1. The summed E-state index contributed by atoms with van der Waals surface area (Å²) < 4.78 is 5.84. The lowest BCUT2D eigenvalue weighted by atomic mass is 9.81. The molecule has 4 rings (SSSR count). The van der Waals surface area contributed by atoms with Crippen LogP contribution in [0.3, 0.4) is 0 Å². The van der Waals surface area contributed by atoms with E-state index < -0.39 is 11.7 Å². The van der Waals surface area contributed by atoms with E-state index in [0.29, 0.717) is 24.3 Å². The molecule has 2 aliphatic carbocycles. The molecule has 2 saturated carbocycles. The van der Waals surface area contributed by atoms with Gasteiger partial charge in [0.2, 0.25) is 5.91 Å². The number of amides is 3. The zero-order valence-electron chi connectivity index (χ0n) is 21.4. The average Bonchev–Trinajstić information content (AvgIpc) is 3.23. The molecule has 0 radical (unpaired) electrons. The lowest BCUT2D eigenvalue weighted by molar-refractivity contribution is -0.134. The minimum Gasteiger partial charge on any atom is -0.443 e. The van der Waals surface area contributed by atoms with Gasteiger partial charge < -0.3 is 25.2 Å². The van der Waals surface area contributed by atoms with Gasteiger partial charge in [-0.25, -0.2) is 9.78 Å². The van der Waals surface area contributed by atoms with Crippen molar-refractivity contribution in [2.24, 2.45) is 5.92 Å². The Balaban J connectivity index is 1.45. The molecule has 0 bridgehead atoms. The van der Waals surface area contributed by atoms with Gasteiger partial charge in [0.25, 0.3) is 5.91 Å². The van der Waals surface area contributed by atoms with E-state index in [9.17, 15) is 14.4 Å². The highest BCUT2D eigenvalue weighted by atomic mass is 32.1. The molecule has 0 aromatic carbocycles. The number of hydrogen-bond acceptors (Lipinski definition) is 7. The van der Waals surface area contributed by atoms with E-state index in [1.165, 1.54) is 17.8 Å². The smallest absolute Gasteiger partial charge is 0.407 e. The highest BCUT2D eigenvalue weighted by Gasteiger charge is 2.38. The van der Waals surface area contributed by atoms with E-state index in [0.717, 1.165) is 55.8 Å². The number of rotatable bonds is 5. The molecular formula is C25H39N5O4S. The van der Waals surface area contributed by atoms with Crippen LogP contribution in [0.2, 0.25) is 0 Å². The predicted molar refractivity (Wildman–Crippen MR) is 134 cm³/mol. The van der Waals surface area contributed by atoms with E-state index in [2.05, 4.69) is 27.6 Å². The molecule has 3 amide bonds. The number of ether oxygens (including phenoxy) is 1. The van der Waals surface area contributed by atoms with Crippen LogP contribution in [0.1, 0.15) is 78.7 Å². The number of carbonyl (C=O) groups is 3. The van der Waals surface area contributed by atoms with Crippen molar-refractivity contribution in [1.82, 2.24) is 25.4 Å². The molecule has 3 aliphatic rings. The molecule has 3 atom stereocenters. The minimum absolute atomic E-state index is 0.0488. The highest BCUT2D eigenvalue weighted by molar-refractivity contribution is 7.13. The monoisotopic (exact) mass is 505 g/mol. The Bertz CT molecular complexity index is 942. The van der Waals surface area contributed by atoms with Gasteiger partial charge in [-0.15, -0.1) is 11.3 Å². The molecule has 0 spiro atoms.